The molecule has 2 amide bonds. The van der Waals surface area contributed by atoms with E-state index in [9.17, 15) is 34.2 Å². The van der Waals surface area contributed by atoms with Crippen LogP contribution in [0.5, 0.6) is 0 Å². The molecule has 2 heterocycles. The molecule has 2 aliphatic rings. The molecule has 3 N–H and O–H groups in total. The van der Waals surface area contributed by atoms with Crippen LogP contribution in [0.2, 0.25) is 0 Å². The first-order chi connectivity index (χ1) is 15.1. The van der Waals surface area contributed by atoms with Gasteiger partial charge in [0.15, 0.2) is 5.92 Å². The number of carboxylic acids is 2. The maximum Gasteiger partial charge on any atom is 0.352 e. The molecule has 32 heavy (non-hydrogen) atoms. The summed E-state index contributed by atoms with van der Waals surface area (Å²) in [4.78, 5) is 61.6. The van der Waals surface area contributed by atoms with Gasteiger partial charge in [0.2, 0.25) is 5.91 Å². The van der Waals surface area contributed by atoms with Gasteiger partial charge < -0.3 is 25.0 Å². The smallest absolute Gasteiger partial charge is 0.352 e. The third kappa shape index (κ3) is 3.94. The van der Waals surface area contributed by atoms with Crippen LogP contribution in [0.25, 0.3) is 0 Å². The number of benzene rings is 1. The minimum absolute atomic E-state index is 0.0887. The van der Waals surface area contributed by atoms with Gasteiger partial charge in [-0.25, -0.2) is 4.79 Å². The lowest BCUT2D eigenvalue weighted by molar-refractivity contribution is -0.193. The van der Waals surface area contributed by atoms with Crippen molar-refractivity contribution in [2.45, 2.75) is 23.9 Å². The summed E-state index contributed by atoms with van der Waals surface area (Å²) in [6.07, 6.45) is 0. The topological polar surface area (TPSA) is 160 Å². The quantitative estimate of drug-likeness (QED) is 0.209. The Balaban J connectivity index is 1.89. The van der Waals surface area contributed by atoms with E-state index in [2.05, 4.69) is 5.32 Å². The van der Waals surface area contributed by atoms with Crippen molar-refractivity contribution in [1.29, 1.82) is 0 Å². The van der Waals surface area contributed by atoms with E-state index in [0.717, 1.165) is 23.8 Å². The van der Waals surface area contributed by atoms with Crippen molar-refractivity contribution in [2.75, 3.05) is 19.5 Å². The lowest BCUT2D eigenvalue weighted by atomic mass is 9.94. The summed E-state index contributed by atoms with van der Waals surface area (Å²) < 4.78 is 10.2. The fourth-order valence-electron chi connectivity index (χ4n) is 3.55. The van der Waals surface area contributed by atoms with Gasteiger partial charge in [-0.2, -0.15) is 0 Å². The average Bonchev–Trinajstić information content (AvgIpc) is 2.75. The molecule has 0 aliphatic carbocycles. The number of nitrogens with zero attached hydrogens (tertiary/aromatic N) is 1. The van der Waals surface area contributed by atoms with E-state index in [4.69, 9.17) is 9.47 Å². The molecule has 0 saturated carbocycles. The van der Waals surface area contributed by atoms with Gasteiger partial charge >= 0.3 is 17.9 Å². The number of ether oxygens (including phenoxy) is 2. The van der Waals surface area contributed by atoms with Crippen molar-refractivity contribution < 1.29 is 43.7 Å². The van der Waals surface area contributed by atoms with Crippen molar-refractivity contribution in [1.82, 2.24) is 10.2 Å². The van der Waals surface area contributed by atoms with Crippen LogP contribution in [-0.4, -0.2) is 75.4 Å². The fourth-order valence-corrected chi connectivity index (χ4v) is 4.97. The van der Waals surface area contributed by atoms with Crippen molar-refractivity contribution in [3.05, 3.63) is 47.2 Å². The summed E-state index contributed by atoms with van der Waals surface area (Å²) in [5, 5.41) is 20.6. The third-order valence-electron chi connectivity index (χ3n) is 5.04. The Hall–Kier alpha value is -3.38. The number of hydrogen-bond donors (Lipinski definition) is 3. The van der Waals surface area contributed by atoms with Gasteiger partial charge in [-0.3, -0.25) is 24.1 Å². The average molecular weight is 464 g/mol. The van der Waals surface area contributed by atoms with Crippen LogP contribution in [0.15, 0.2) is 41.6 Å². The lowest BCUT2D eigenvalue weighted by Gasteiger charge is -2.55. The van der Waals surface area contributed by atoms with Gasteiger partial charge in [-0.1, -0.05) is 30.3 Å². The molecule has 0 spiro atoms. The van der Waals surface area contributed by atoms with Crippen molar-refractivity contribution in [3.8, 4) is 0 Å². The summed E-state index contributed by atoms with van der Waals surface area (Å²) in [6, 6.07) is 7.75. The summed E-state index contributed by atoms with van der Waals surface area (Å²) >= 11 is 1.09. The number of methoxy groups -OCH3 is 1. The molecular formula is C20H20N2O9S. The monoisotopic (exact) mass is 464 g/mol. The Morgan fingerprint density at radius 3 is 2.44 bits per heavy atom. The molecule has 170 valence electrons. The second kappa shape index (κ2) is 9.01. The van der Waals surface area contributed by atoms with Crippen LogP contribution < -0.4 is 5.32 Å². The summed E-state index contributed by atoms with van der Waals surface area (Å²) in [6.45, 7) is 0.869. The molecular weight excluding hydrogens is 444 g/mol. The zero-order valence-corrected chi connectivity index (χ0v) is 17.9. The zero-order chi connectivity index (χ0) is 23.6. The highest BCUT2D eigenvalue weighted by atomic mass is 32.2. The highest BCUT2D eigenvalue weighted by molar-refractivity contribution is 8.00. The van der Waals surface area contributed by atoms with Gasteiger partial charge in [0.05, 0.1) is 0 Å². The first-order valence-electron chi connectivity index (χ1n) is 9.33. The molecule has 2 aliphatic heterocycles. The highest BCUT2D eigenvalue weighted by Crippen LogP contribution is 2.46. The Bertz CT molecular complexity index is 1010. The highest BCUT2D eigenvalue weighted by Gasteiger charge is 2.67. The van der Waals surface area contributed by atoms with E-state index >= 15 is 0 Å². The van der Waals surface area contributed by atoms with E-state index in [-0.39, 0.29) is 29.2 Å². The van der Waals surface area contributed by atoms with Crippen LogP contribution in [0, 0.1) is 0 Å². The molecule has 11 nitrogen and oxygen atoms in total. The Kier molecular flexibility index (Phi) is 6.55. The summed E-state index contributed by atoms with van der Waals surface area (Å²) in [5.74, 6) is -6.81. The third-order valence-corrected chi connectivity index (χ3v) is 6.41. The molecule has 3 rings (SSSR count). The maximum atomic E-state index is 13.0. The molecule has 1 aromatic carbocycles. The van der Waals surface area contributed by atoms with Crippen LogP contribution in [0.3, 0.4) is 0 Å². The number of rotatable bonds is 8. The molecule has 1 saturated heterocycles. The fraction of sp³-hybridized carbons (Fsp3) is 0.350. The number of nitrogens with one attached hydrogen (secondary N) is 1. The SMILES string of the molecule is COC1(NC(=O)C(C(=O)O)c2ccccc2)C(=O)N2C(C(=O)O)=C(COC(C)=O)CS[C@H]21. The van der Waals surface area contributed by atoms with Gasteiger partial charge in [0, 0.05) is 25.4 Å². The number of carbonyl (C=O) groups excluding carboxylic acids is 3. The minimum Gasteiger partial charge on any atom is -0.480 e. The second-order valence-electron chi connectivity index (χ2n) is 6.99. The summed E-state index contributed by atoms with van der Waals surface area (Å²) in [5.41, 5.74) is -1.89. The molecule has 12 heteroatoms. The van der Waals surface area contributed by atoms with Crippen LogP contribution in [-0.2, 0) is 33.4 Å². The number of fused-ring (bicyclic) bond motifs is 1. The molecule has 1 aromatic rings. The molecule has 0 bridgehead atoms. The van der Waals surface area contributed by atoms with Crippen LogP contribution >= 0.6 is 11.8 Å². The van der Waals surface area contributed by atoms with Crippen LogP contribution in [0.4, 0.5) is 0 Å². The number of carbonyl (C=O) groups is 5. The largest absolute Gasteiger partial charge is 0.480 e. The molecule has 3 atom stereocenters. The minimum atomic E-state index is -1.95. The molecule has 2 unspecified atom stereocenters. The number of hydrogen-bond acceptors (Lipinski definition) is 8. The Labute approximate surface area is 186 Å². The first-order valence-corrected chi connectivity index (χ1v) is 10.4. The number of thioether (sulfide) groups is 1. The van der Waals surface area contributed by atoms with Crippen LogP contribution in [0.1, 0.15) is 18.4 Å². The van der Waals surface area contributed by atoms with Gasteiger partial charge in [-0.05, 0) is 5.56 Å². The van der Waals surface area contributed by atoms with Crippen molar-refractivity contribution in [2.24, 2.45) is 0 Å². The lowest BCUT2D eigenvalue weighted by Crippen LogP contribution is -2.81. The zero-order valence-electron chi connectivity index (χ0n) is 17.1. The predicted octanol–water partition coefficient (Wildman–Crippen LogP) is 0.131. The second-order valence-corrected chi connectivity index (χ2v) is 8.06. The molecule has 1 fully saturated rings. The molecule has 0 aromatic heterocycles. The number of amides is 2. The van der Waals surface area contributed by atoms with E-state index < -0.39 is 46.7 Å². The van der Waals surface area contributed by atoms with E-state index in [0.29, 0.717) is 0 Å². The predicted molar refractivity (Wildman–Crippen MR) is 109 cm³/mol. The standard InChI is InChI=1S/C20H20N2O9S/c1-10(23)31-8-12-9-32-19-20(30-2,18(29)22(19)14(12)17(27)28)21-15(24)13(16(25)26)11-6-4-3-5-7-11/h3-7,13,19H,8-9H2,1-2H3,(H,21,24)(H,25,26)(H,27,28)/t13?,19-,20?/m0/s1. The van der Waals surface area contributed by atoms with E-state index in [1.54, 1.807) is 18.2 Å². The van der Waals surface area contributed by atoms with Gasteiger partial charge in [0.1, 0.15) is 17.7 Å². The summed E-state index contributed by atoms with van der Waals surface area (Å²) in [7, 11) is 1.16. The number of aliphatic carboxylic acids is 2. The maximum absolute atomic E-state index is 13.0. The first kappa shape index (κ1) is 23.3. The van der Waals surface area contributed by atoms with Gasteiger partial charge in [0.25, 0.3) is 11.6 Å². The Morgan fingerprint density at radius 2 is 1.91 bits per heavy atom. The normalized spacial score (nSPS) is 23.0. The van der Waals surface area contributed by atoms with Crippen molar-refractivity contribution in [3.63, 3.8) is 0 Å². The number of carboxylic acid groups (broad SMARTS) is 2. The molecule has 0 radical (unpaired) electrons. The number of esters is 1. The van der Waals surface area contributed by atoms with E-state index in [1.807, 2.05) is 0 Å². The Morgan fingerprint density at radius 1 is 1.25 bits per heavy atom. The van der Waals surface area contributed by atoms with E-state index in [1.165, 1.54) is 19.1 Å². The number of β-lactam (4-membered cyclic amide) rings is 1. The van der Waals surface area contributed by atoms with Gasteiger partial charge in [-0.15, -0.1) is 11.8 Å². The van der Waals surface area contributed by atoms with Crippen molar-refractivity contribution >= 4 is 41.5 Å².